The molecule has 0 aliphatic heterocycles. The molecule has 0 saturated carbocycles. The van der Waals surface area contributed by atoms with E-state index in [9.17, 15) is 19.5 Å². The van der Waals surface area contributed by atoms with Gasteiger partial charge in [0.15, 0.2) is 0 Å². The molecule has 4 rings (SSSR count). The summed E-state index contributed by atoms with van der Waals surface area (Å²) in [4.78, 5) is 39.2. The van der Waals surface area contributed by atoms with Crippen molar-refractivity contribution in [2.24, 2.45) is 0 Å². The number of fused-ring (bicyclic) bond motifs is 3. The van der Waals surface area contributed by atoms with E-state index in [-0.39, 0.29) is 24.8 Å². The Labute approximate surface area is 205 Å². The van der Waals surface area contributed by atoms with Crippen LogP contribution in [-0.2, 0) is 16.0 Å². The number of aromatic nitrogens is 1. The van der Waals surface area contributed by atoms with Crippen LogP contribution in [0.3, 0.4) is 0 Å². The molecule has 0 spiro atoms. The summed E-state index contributed by atoms with van der Waals surface area (Å²) in [5.41, 5.74) is 4.79. The lowest BCUT2D eigenvalue weighted by Gasteiger charge is -2.14. The zero-order chi connectivity index (χ0) is 24.8. The number of thiazole rings is 1. The summed E-state index contributed by atoms with van der Waals surface area (Å²) in [5.74, 6) is -1.66. The summed E-state index contributed by atoms with van der Waals surface area (Å²) in [7, 11) is 0. The molecular formula is C25H25N3O6S. The molecule has 4 N–H and O–H groups in total. The Balaban J connectivity index is 1.22. The van der Waals surface area contributed by atoms with E-state index >= 15 is 0 Å². The van der Waals surface area contributed by atoms with Crippen LogP contribution in [0.2, 0.25) is 0 Å². The van der Waals surface area contributed by atoms with Crippen molar-refractivity contribution in [1.82, 2.24) is 15.6 Å². The summed E-state index contributed by atoms with van der Waals surface area (Å²) in [6, 6.07) is 16.2. The predicted octanol–water partition coefficient (Wildman–Crippen LogP) is 2.79. The minimum atomic E-state index is -1.17. The maximum atomic E-state index is 12.3. The fraction of sp³-hybridized carbons (Fsp3) is 0.280. The van der Waals surface area contributed by atoms with Gasteiger partial charge in [-0.25, -0.2) is 9.78 Å². The number of benzene rings is 2. The van der Waals surface area contributed by atoms with Gasteiger partial charge in [0.05, 0.1) is 17.5 Å². The molecule has 1 unspecified atom stereocenters. The fourth-order valence-electron chi connectivity index (χ4n) is 4.03. The number of nitrogens with zero attached hydrogens (tertiary/aromatic N) is 1. The molecule has 2 amide bonds. The lowest BCUT2D eigenvalue weighted by molar-refractivity contribution is -0.139. The zero-order valence-corrected chi connectivity index (χ0v) is 19.6. The number of rotatable bonds is 10. The molecule has 3 aromatic rings. The topological polar surface area (TPSA) is 138 Å². The van der Waals surface area contributed by atoms with Crippen molar-refractivity contribution < 1.29 is 29.3 Å². The largest absolute Gasteiger partial charge is 0.481 e. The van der Waals surface area contributed by atoms with Crippen molar-refractivity contribution in [1.29, 1.82) is 0 Å². The minimum Gasteiger partial charge on any atom is -0.481 e. The van der Waals surface area contributed by atoms with Crippen LogP contribution in [0, 0.1) is 0 Å². The van der Waals surface area contributed by atoms with E-state index < -0.39 is 30.5 Å². The molecule has 1 aliphatic carbocycles. The van der Waals surface area contributed by atoms with Gasteiger partial charge in [0.1, 0.15) is 12.3 Å². The average Bonchev–Trinajstić information content (AvgIpc) is 3.44. The van der Waals surface area contributed by atoms with E-state index in [4.69, 9.17) is 9.84 Å². The van der Waals surface area contributed by atoms with E-state index in [0.29, 0.717) is 18.0 Å². The second kappa shape index (κ2) is 11.1. The van der Waals surface area contributed by atoms with E-state index in [0.717, 1.165) is 22.3 Å². The van der Waals surface area contributed by atoms with Crippen LogP contribution in [-0.4, -0.2) is 59.0 Å². The highest BCUT2D eigenvalue weighted by molar-refractivity contribution is 7.09. The molecular weight excluding hydrogens is 470 g/mol. The molecule has 0 fully saturated rings. The number of ether oxygens (including phenoxy) is 1. The van der Waals surface area contributed by atoms with Gasteiger partial charge in [0.25, 0.3) is 5.91 Å². The Morgan fingerprint density at radius 3 is 2.34 bits per heavy atom. The van der Waals surface area contributed by atoms with Crippen LogP contribution in [0.25, 0.3) is 11.1 Å². The van der Waals surface area contributed by atoms with Gasteiger partial charge in [-0.1, -0.05) is 48.5 Å². The van der Waals surface area contributed by atoms with Crippen LogP contribution in [0.5, 0.6) is 0 Å². The molecule has 0 saturated heterocycles. The lowest BCUT2D eigenvalue weighted by Crippen LogP contribution is -2.33. The molecule has 2 aromatic carbocycles. The quantitative estimate of drug-likeness (QED) is 0.339. The van der Waals surface area contributed by atoms with Crippen molar-refractivity contribution in [3.8, 4) is 11.1 Å². The standard InChI is InChI=1S/C25H25N3O6S/c29-15(11-23(30)31)12-27-24(32)21-14-35-22(28-21)9-10-26-25(33)34-13-20-18-7-3-1-5-16(18)17-6-2-4-8-19(17)20/h1-8,14-15,20,29H,9-13H2,(H,26,33)(H,27,32)(H,30,31). The van der Waals surface area contributed by atoms with Crippen molar-refractivity contribution in [3.63, 3.8) is 0 Å². The van der Waals surface area contributed by atoms with Crippen molar-refractivity contribution in [3.05, 3.63) is 75.7 Å². The van der Waals surface area contributed by atoms with Gasteiger partial charge in [-0.05, 0) is 22.3 Å². The third-order valence-electron chi connectivity index (χ3n) is 5.64. The number of nitrogens with one attached hydrogen (secondary N) is 2. The number of amides is 2. The number of aliphatic carboxylic acids is 1. The third kappa shape index (κ3) is 6.03. The molecule has 182 valence electrons. The number of carboxylic acid groups (broad SMARTS) is 1. The molecule has 10 heteroatoms. The molecule has 1 aliphatic rings. The molecule has 9 nitrogen and oxygen atoms in total. The first kappa shape index (κ1) is 24.4. The van der Waals surface area contributed by atoms with E-state index in [2.05, 4.69) is 39.9 Å². The van der Waals surface area contributed by atoms with E-state index in [1.807, 2.05) is 24.3 Å². The predicted molar refractivity (Wildman–Crippen MR) is 129 cm³/mol. The number of carbonyl (C=O) groups is 3. The second-order valence-corrected chi connectivity index (χ2v) is 9.03. The van der Waals surface area contributed by atoms with Crippen molar-refractivity contribution in [2.45, 2.75) is 24.9 Å². The van der Waals surface area contributed by atoms with Gasteiger partial charge >= 0.3 is 12.1 Å². The van der Waals surface area contributed by atoms with Crippen molar-refractivity contribution in [2.75, 3.05) is 19.7 Å². The summed E-state index contributed by atoms with van der Waals surface area (Å²) < 4.78 is 5.51. The number of carboxylic acids is 1. The summed E-state index contributed by atoms with van der Waals surface area (Å²) in [5, 5.41) is 25.6. The highest BCUT2D eigenvalue weighted by atomic mass is 32.1. The Kier molecular flexibility index (Phi) is 7.74. The van der Waals surface area contributed by atoms with E-state index in [1.165, 1.54) is 11.3 Å². The van der Waals surface area contributed by atoms with Gasteiger partial charge in [-0.2, -0.15) is 0 Å². The normalized spacial score (nSPS) is 12.9. The number of alkyl carbamates (subject to hydrolysis) is 1. The molecule has 1 aromatic heterocycles. The number of aliphatic hydroxyl groups excluding tert-OH is 1. The maximum absolute atomic E-state index is 12.3. The summed E-state index contributed by atoms with van der Waals surface area (Å²) in [6.07, 6.45) is -1.72. The Bertz CT molecular complexity index is 1180. The van der Waals surface area contributed by atoms with Crippen LogP contribution in [0.15, 0.2) is 53.9 Å². The third-order valence-corrected chi connectivity index (χ3v) is 6.55. The molecule has 0 radical (unpaired) electrons. The highest BCUT2D eigenvalue weighted by Crippen LogP contribution is 2.44. The van der Waals surface area contributed by atoms with Crippen molar-refractivity contribution >= 4 is 29.3 Å². The second-order valence-electron chi connectivity index (χ2n) is 8.09. The first-order valence-corrected chi connectivity index (χ1v) is 12.0. The smallest absolute Gasteiger partial charge is 0.407 e. The molecule has 1 heterocycles. The fourth-order valence-corrected chi connectivity index (χ4v) is 4.80. The number of hydrogen-bond donors (Lipinski definition) is 4. The van der Waals surface area contributed by atoms with Crippen LogP contribution in [0.1, 0.15) is 39.0 Å². The molecule has 1 atom stereocenters. The Morgan fingerprint density at radius 2 is 1.69 bits per heavy atom. The van der Waals surface area contributed by atoms with Gasteiger partial charge in [0, 0.05) is 30.8 Å². The molecule has 0 bridgehead atoms. The molecule has 35 heavy (non-hydrogen) atoms. The highest BCUT2D eigenvalue weighted by Gasteiger charge is 2.29. The first-order chi connectivity index (χ1) is 16.9. The van der Waals surface area contributed by atoms with Gasteiger partial charge in [-0.3, -0.25) is 9.59 Å². The maximum Gasteiger partial charge on any atom is 0.407 e. The van der Waals surface area contributed by atoms with Gasteiger partial charge < -0.3 is 25.6 Å². The van der Waals surface area contributed by atoms with Crippen LogP contribution in [0.4, 0.5) is 4.79 Å². The minimum absolute atomic E-state index is 0.0119. The zero-order valence-electron chi connectivity index (χ0n) is 18.8. The summed E-state index contributed by atoms with van der Waals surface area (Å²) >= 11 is 1.27. The summed E-state index contributed by atoms with van der Waals surface area (Å²) in [6.45, 7) is 0.346. The number of aliphatic hydroxyl groups is 1. The van der Waals surface area contributed by atoms with Gasteiger partial charge in [-0.15, -0.1) is 11.3 Å². The van der Waals surface area contributed by atoms with Crippen LogP contribution < -0.4 is 10.6 Å². The monoisotopic (exact) mass is 495 g/mol. The van der Waals surface area contributed by atoms with Crippen LogP contribution >= 0.6 is 11.3 Å². The van der Waals surface area contributed by atoms with E-state index in [1.54, 1.807) is 5.38 Å². The number of carbonyl (C=O) groups excluding carboxylic acids is 2. The SMILES string of the molecule is O=C(O)CC(O)CNC(=O)c1csc(CCNC(=O)OCC2c3ccccc3-c3ccccc32)n1. The Morgan fingerprint density at radius 1 is 1.03 bits per heavy atom. The Hall–Kier alpha value is -3.76. The lowest BCUT2D eigenvalue weighted by atomic mass is 9.98. The first-order valence-electron chi connectivity index (χ1n) is 11.1. The number of hydrogen-bond acceptors (Lipinski definition) is 7. The van der Waals surface area contributed by atoms with Gasteiger partial charge in [0.2, 0.25) is 0 Å². The average molecular weight is 496 g/mol.